The Labute approximate surface area is 211 Å². The minimum absolute atomic E-state index is 0. The zero-order valence-electron chi connectivity index (χ0n) is 20.9. The molecule has 0 aliphatic heterocycles. The van der Waals surface area contributed by atoms with Crippen LogP contribution >= 0.6 is 0 Å². The summed E-state index contributed by atoms with van der Waals surface area (Å²) in [6.45, 7) is 5.56. The van der Waals surface area contributed by atoms with Gasteiger partial charge in [-0.15, -0.1) is 0 Å². The Hall–Kier alpha value is 0.880. The minimum atomic E-state index is 0. The van der Waals surface area contributed by atoms with E-state index in [1.54, 1.807) is 0 Å². The molecule has 2 fully saturated rings. The first-order valence-electron chi connectivity index (χ1n) is 13.0. The molecule has 4 heteroatoms. The maximum atomic E-state index is 2.47. The van der Waals surface area contributed by atoms with E-state index in [1.807, 2.05) is 0 Å². The van der Waals surface area contributed by atoms with E-state index in [2.05, 4.69) is 28.2 Å². The summed E-state index contributed by atoms with van der Waals surface area (Å²) in [6, 6.07) is 0. The highest BCUT2D eigenvalue weighted by Gasteiger charge is 2.21. The van der Waals surface area contributed by atoms with Gasteiger partial charge in [-0.3, -0.25) is 0 Å². The van der Waals surface area contributed by atoms with Gasteiger partial charge in [-0.25, -0.2) is 0 Å². The van der Waals surface area contributed by atoms with Crippen LogP contribution in [0.25, 0.3) is 0 Å². The van der Waals surface area contributed by atoms with Crippen molar-refractivity contribution in [1.82, 2.24) is 0 Å². The van der Waals surface area contributed by atoms with E-state index in [-0.39, 0.29) is 34.0 Å². The molecule has 0 aromatic rings. The fourth-order valence-corrected chi connectivity index (χ4v) is 5.67. The van der Waals surface area contributed by atoms with Crippen LogP contribution in [-0.2, 0) is 0 Å². The van der Waals surface area contributed by atoms with Crippen LogP contribution in [0, 0.1) is 11.8 Å². The van der Waals surface area contributed by atoms with Crippen LogP contribution in [0.4, 0.5) is 0 Å². The number of halogens is 2. The van der Waals surface area contributed by atoms with Crippen molar-refractivity contribution in [3.8, 4) is 0 Å². The van der Waals surface area contributed by atoms with Gasteiger partial charge < -0.3 is 42.9 Å². The fourth-order valence-electron chi connectivity index (χ4n) is 5.67. The summed E-state index contributed by atoms with van der Waals surface area (Å²) < 4.78 is 2.50. The van der Waals surface area contributed by atoms with Crippen molar-refractivity contribution in [2.24, 2.45) is 11.8 Å². The van der Waals surface area contributed by atoms with Gasteiger partial charge in [0.2, 0.25) is 0 Å². The zero-order chi connectivity index (χ0) is 20.3. The van der Waals surface area contributed by atoms with Gasteiger partial charge in [0.05, 0.1) is 54.4 Å². The van der Waals surface area contributed by atoms with E-state index in [1.165, 1.54) is 138 Å². The van der Waals surface area contributed by atoms with Crippen molar-refractivity contribution in [2.75, 3.05) is 54.4 Å². The number of rotatable bonds is 13. The molecule has 2 aliphatic rings. The molecule has 0 aromatic carbocycles. The number of unbranched alkanes of at least 4 members (excludes halogenated alkanes) is 3. The molecule has 0 spiro atoms. The standard InChI is InChI=1S/C26H54N2.2BrH/c1-27(2,23-19-25-15-9-7-10-16-25)21-13-5-6-14-22-28(3,4)24-20-26-17-11-8-12-18-26;;/h25-26H,5-24H2,1-4H3;2*1H/q+2;;/p-2. The summed E-state index contributed by atoms with van der Waals surface area (Å²) in [7, 11) is 9.87. The highest BCUT2D eigenvalue weighted by molar-refractivity contribution is 4.66. The van der Waals surface area contributed by atoms with Gasteiger partial charge in [0.25, 0.3) is 0 Å². The maximum Gasteiger partial charge on any atom is 0.0785 e. The molecule has 0 bridgehead atoms. The van der Waals surface area contributed by atoms with E-state index in [4.69, 9.17) is 0 Å². The van der Waals surface area contributed by atoms with Crippen LogP contribution < -0.4 is 34.0 Å². The normalized spacial score (nSPS) is 19.2. The molecule has 2 rings (SSSR count). The number of hydrogen-bond donors (Lipinski definition) is 0. The molecule has 0 amide bonds. The molecule has 0 N–H and O–H groups in total. The van der Waals surface area contributed by atoms with E-state index in [0.717, 1.165) is 11.8 Å². The Balaban J connectivity index is 0.00000420. The first-order chi connectivity index (χ1) is 13.4. The largest absolute Gasteiger partial charge is 1.00 e. The smallest absolute Gasteiger partial charge is 0.0785 e. The average molecular weight is 555 g/mol. The molecule has 2 aliphatic carbocycles. The van der Waals surface area contributed by atoms with E-state index >= 15 is 0 Å². The molecule has 0 saturated heterocycles. The molecule has 182 valence electrons. The zero-order valence-corrected chi connectivity index (χ0v) is 24.1. The summed E-state index contributed by atoms with van der Waals surface area (Å²) in [5.41, 5.74) is 0. The van der Waals surface area contributed by atoms with Gasteiger partial charge in [0.15, 0.2) is 0 Å². The van der Waals surface area contributed by atoms with Crippen LogP contribution in [0.5, 0.6) is 0 Å². The van der Waals surface area contributed by atoms with Crippen LogP contribution in [0.15, 0.2) is 0 Å². The number of nitrogens with zero attached hydrogens (tertiary/aromatic N) is 2. The van der Waals surface area contributed by atoms with Crippen molar-refractivity contribution in [3.63, 3.8) is 0 Å². The summed E-state index contributed by atoms with van der Waals surface area (Å²) in [6.07, 6.45) is 23.7. The summed E-state index contributed by atoms with van der Waals surface area (Å²) in [5, 5.41) is 0. The first-order valence-corrected chi connectivity index (χ1v) is 13.0. The SMILES string of the molecule is C[N+](C)(CCCCCC[N+](C)(C)CCC1CCCCC1)CCC1CCCCC1.[Br-].[Br-]. The van der Waals surface area contributed by atoms with Crippen LogP contribution in [0.2, 0.25) is 0 Å². The average Bonchev–Trinajstić information content (AvgIpc) is 2.69. The van der Waals surface area contributed by atoms with Gasteiger partial charge in [0, 0.05) is 0 Å². The van der Waals surface area contributed by atoms with Gasteiger partial charge in [0.1, 0.15) is 0 Å². The quantitative estimate of drug-likeness (QED) is 0.232. The summed E-state index contributed by atoms with van der Waals surface area (Å²) in [5.74, 6) is 2.08. The molecular weight excluding hydrogens is 500 g/mol. The molecule has 0 unspecified atom stereocenters. The molecule has 30 heavy (non-hydrogen) atoms. The second-order valence-electron chi connectivity index (χ2n) is 11.8. The molecule has 0 heterocycles. The van der Waals surface area contributed by atoms with Gasteiger partial charge in [-0.1, -0.05) is 64.2 Å². The van der Waals surface area contributed by atoms with E-state index in [0.29, 0.717) is 0 Å². The highest BCUT2D eigenvalue weighted by atomic mass is 79.9. The monoisotopic (exact) mass is 552 g/mol. The minimum Gasteiger partial charge on any atom is -1.00 e. The van der Waals surface area contributed by atoms with Crippen molar-refractivity contribution < 1.29 is 42.9 Å². The van der Waals surface area contributed by atoms with Crippen molar-refractivity contribution in [1.29, 1.82) is 0 Å². The first kappa shape index (κ1) is 30.9. The van der Waals surface area contributed by atoms with Crippen LogP contribution in [0.3, 0.4) is 0 Å². The van der Waals surface area contributed by atoms with Gasteiger partial charge >= 0.3 is 0 Å². The Morgan fingerprint density at radius 2 is 0.800 bits per heavy atom. The lowest BCUT2D eigenvalue weighted by Gasteiger charge is -2.33. The van der Waals surface area contributed by atoms with E-state index in [9.17, 15) is 0 Å². The molecule has 0 atom stereocenters. The topological polar surface area (TPSA) is 0 Å². The third kappa shape index (κ3) is 14.1. The molecule has 0 aromatic heterocycles. The van der Waals surface area contributed by atoms with Crippen molar-refractivity contribution in [3.05, 3.63) is 0 Å². The Morgan fingerprint density at radius 1 is 0.467 bits per heavy atom. The number of quaternary nitrogens is 2. The summed E-state index contributed by atoms with van der Waals surface area (Å²) in [4.78, 5) is 0. The third-order valence-electron chi connectivity index (χ3n) is 8.01. The second-order valence-corrected chi connectivity index (χ2v) is 11.8. The van der Waals surface area contributed by atoms with Crippen molar-refractivity contribution >= 4 is 0 Å². The Bertz CT molecular complexity index is 362. The second kappa shape index (κ2) is 16.5. The predicted molar refractivity (Wildman–Crippen MR) is 125 cm³/mol. The van der Waals surface area contributed by atoms with Gasteiger partial charge in [-0.2, -0.15) is 0 Å². The summed E-state index contributed by atoms with van der Waals surface area (Å²) >= 11 is 0. The van der Waals surface area contributed by atoms with E-state index < -0.39 is 0 Å². The molecule has 2 nitrogen and oxygen atoms in total. The lowest BCUT2D eigenvalue weighted by molar-refractivity contribution is -0.891. The Morgan fingerprint density at radius 3 is 1.13 bits per heavy atom. The maximum absolute atomic E-state index is 2.47. The lowest BCUT2D eigenvalue weighted by Crippen LogP contribution is -3.00. The van der Waals surface area contributed by atoms with Crippen LogP contribution in [-0.4, -0.2) is 63.3 Å². The lowest BCUT2D eigenvalue weighted by atomic mass is 9.87. The fraction of sp³-hybridized carbons (Fsp3) is 1.00. The Kier molecular flexibility index (Phi) is 17.0. The highest BCUT2D eigenvalue weighted by Crippen LogP contribution is 2.28. The number of hydrogen-bond acceptors (Lipinski definition) is 0. The molecule has 0 radical (unpaired) electrons. The van der Waals surface area contributed by atoms with Crippen molar-refractivity contribution in [2.45, 2.75) is 103 Å². The van der Waals surface area contributed by atoms with Crippen LogP contribution in [0.1, 0.15) is 103 Å². The van der Waals surface area contributed by atoms with Gasteiger partial charge in [-0.05, 0) is 50.4 Å². The molecular formula is C26H54Br2N2. The molecule has 2 saturated carbocycles. The predicted octanol–water partition coefficient (Wildman–Crippen LogP) is 0.648. The third-order valence-corrected chi connectivity index (χ3v) is 8.01.